The van der Waals surface area contributed by atoms with Crippen LogP contribution in [0, 0.1) is 0 Å². The van der Waals surface area contributed by atoms with E-state index in [1.807, 2.05) is 32.3 Å². The molecule has 1 N–H and O–H groups in total. The molecule has 0 fully saturated rings. The zero-order chi connectivity index (χ0) is 17.6. The van der Waals surface area contributed by atoms with E-state index in [1.165, 1.54) is 11.0 Å². The SMILES string of the molecule is CN(C)[C@@H](CNC(=O)c1ccnc(-n2cncn2)c1)c1ccccc1. The third-order valence-electron chi connectivity index (χ3n) is 3.92. The average molecular weight is 336 g/mol. The van der Waals surface area contributed by atoms with Crippen molar-refractivity contribution in [3.63, 3.8) is 0 Å². The Bertz CT molecular complexity index is 817. The second kappa shape index (κ2) is 7.67. The van der Waals surface area contributed by atoms with Crippen molar-refractivity contribution in [1.29, 1.82) is 0 Å². The van der Waals surface area contributed by atoms with Crippen LogP contribution in [0.3, 0.4) is 0 Å². The van der Waals surface area contributed by atoms with Gasteiger partial charge in [0.05, 0.1) is 6.04 Å². The molecule has 128 valence electrons. The summed E-state index contributed by atoms with van der Waals surface area (Å²) in [5, 5.41) is 7.03. The van der Waals surface area contributed by atoms with Crippen LogP contribution < -0.4 is 5.32 Å². The summed E-state index contributed by atoms with van der Waals surface area (Å²) in [5.41, 5.74) is 1.69. The summed E-state index contributed by atoms with van der Waals surface area (Å²) in [4.78, 5) is 22.7. The van der Waals surface area contributed by atoms with Crippen LogP contribution in [0.5, 0.6) is 0 Å². The lowest BCUT2D eigenvalue weighted by Gasteiger charge is -2.25. The van der Waals surface area contributed by atoms with Gasteiger partial charge in [-0.1, -0.05) is 30.3 Å². The second-order valence-corrected chi connectivity index (χ2v) is 5.84. The van der Waals surface area contributed by atoms with Gasteiger partial charge in [0, 0.05) is 18.3 Å². The van der Waals surface area contributed by atoms with Crippen molar-refractivity contribution in [3.05, 3.63) is 72.4 Å². The highest BCUT2D eigenvalue weighted by Gasteiger charge is 2.16. The van der Waals surface area contributed by atoms with Crippen molar-refractivity contribution in [1.82, 2.24) is 30.0 Å². The fourth-order valence-electron chi connectivity index (χ4n) is 2.58. The number of nitrogens with zero attached hydrogens (tertiary/aromatic N) is 5. The van der Waals surface area contributed by atoms with E-state index in [9.17, 15) is 4.79 Å². The molecule has 0 spiro atoms. The van der Waals surface area contributed by atoms with Crippen LogP contribution in [0.25, 0.3) is 5.82 Å². The van der Waals surface area contributed by atoms with E-state index in [4.69, 9.17) is 0 Å². The molecule has 0 bridgehead atoms. The summed E-state index contributed by atoms with van der Waals surface area (Å²) in [6, 6.07) is 13.6. The number of carbonyl (C=O) groups is 1. The van der Waals surface area contributed by atoms with Crippen LogP contribution in [0.1, 0.15) is 22.0 Å². The molecule has 0 aliphatic rings. The summed E-state index contributed by atoms with van der Waals surface area (Å²) in [6.07, 6.45) is 4.56. The maximum absolute atomic E-state index is 12.5. The Balaban J connectivity index is 1.71. The van der Waals surface area contributed by atoms with Crippen molar-refractivity contribution < 1.29 is 4.79 Å². The number of hydrogen-bond donors (Lipinski definition) is 1. The first-order valence-electron chi connectivity index (χ1n) is 7.96. The van der Waals surface area contributed by atoms with E-state index in [0.29, 0.717) is 17.9 Å². The summed E-state index contributed by atoms with van der Waals surface area (Å²) in [6.45, 7) is 0.511. The third-order valence-corrected chi connectivity index (χ3v) is 3.92. The molecule has 25 heavy (non-hydrogen) atoms. The molecule has 1 atom stereocenters. The lowest BCUT2D eigenvalue weighted by molar-refractivity contribution is 0.0941. The molecule has 3 rings (SSSR count). The normalized spacial score (nSPS) is 12.1. The van der Waals surface area contributed by atoms with Gasteiger partial charge in [-0.3, -0.25) is 4.79 Å². The molecule has 7 heteroatoms. The Morgan fingerprint density at radius 2 is 2.04 bits per heavy atom. The Hall–Kier alpha value is -3.06. The molecule has 2 aromatic heterocycles. The largest absolute Gasteiger partial charge is 0.350 e. The number of carbonyl (C=O) groups excluding carboxylic acids is 1. The van der Waals surface area contributed by atoms with Gasteiger partial charge in [0.1, 0.15) is 12.7 Å². The fraction of sp³-hybridized carbons (Fsp3) is 0.222. The van der Waals surface area contributed by atoms with Crippen molar-refractivity contribution in [3.8, 4) is 5.82 Å². The number of rotatable bonds is 6. The molecule has 0 radical (unpaired) electrons. The number of aromatic nitrogens is 4. The number of benzene rings is 1. The molecule has 0 saturated carbocycles. The predicted octanol–water partition coefficient (Wildman–Crippen LogP) is 1.69. The highest BCUT2D eigenvalue weighted by atomic mass is 16.1. The second-order valence-electron chi connectivity index (χ2n) is 5.84. The number of amides is 1. The monoisotopic (exact) mass is 336 g/mol. The Labute approximate surface area is 146 Å². The van der Waals surface area contributed by atoms with Crippen LogP contribution >= 0.6 is 0 Å². The van der Waals surface area contributed by atoms with Gasteiger partial charge >= 0.3 is 0 Å². The molecule has 0 aliphatic carbocycles. The fourth-order valence-corrected chi connectivity index (χ4v) is 2.58. The number of nitrogens with one attached hydrogen (secondary N) is 1. The molecule has 1 aromatic carbocycles. The topological polar surface area (TPSA) is 75.9 Å². The van der Waals surface area contributed by atoms with Gasteiger partial charge in [0.25, 0.3) is 5.91 Å². The standard InChI is InChI=1S/C18H20N6O/c1-23(2)16(14-6-4-3-5-7-14)11-21-18(25)15-8-9-20-17(10-15)24-13-19-12-22-24/h3-10,12-13,16H,11H2,1-2H3,(H,21,25)/t16-/m0/s1. The number of likely N-dealkylation sites (N-methyl/N-ethyl adjacent to an activating group) is 1. The molecule has 0 aliphatic heterocycles. The zero-order valence-electron chi connectivity index (χ0n) is 14.2. The van der Waals surface area contributed by atoms with E-state index in [2.05, 4.69) is 37.4 Å². The minimum Gasteiger partial charge on any atom is -0.350 e. The Morgan fingerprint density at radius 3 is 2.72 bits per heavy atom. The minimum atomic E-state index is -0.147. The third kappa shape index (κ3) is 4.07. The zero-order valence-corrected chi connectivity index (χ0v) is 14.2. The molecule has 7 nitrogen and oxygen atoms in total. The maximum atomic E-state index is 12.5. The van der Waals surface area contributed by atoms with Crippen molar-refractivity contribution >= 4 is 5.91 Å². The van der Waals surface area contributed by atoms with E-state index in [1.54, 1.807) is 24.7 Å². The van der Waals surface area contributed by atoms with Gasteiger partial charge in [-0.2, -0.15) is 5.10 Å². The van der Waals surface area contributed by atoms with Crippen LogP contribution in [-0.2, 0) is 0 Å². The van der Waals surface area contributed by atoms with E-state index >= 15 is 0 Å². The highest BCUT2D eigenvalue weighted by molar-refractivity contribution is 5.94. The van der Waals surface area contributed by atoms with E-state index in [-0.39, 0.29) is 11.9 Å². The first-order chi connectivity index (χ1) is 12.1. The van der Waals surface area contributed by atoms with Gasteiger partial charge in [0.2, 0.25) is 0 Å². The quantitative estimate of drug-likeness (QED) is 0.741. The first-order valence-corrected chi connectivity index (χ1v) is 7.96. The molecular formula is C18H20N6O. The van der Waals surface area contributed by atoms with Gasteiger partial charge in [-0.15, -0.1) is 0 Å². The average Bonchev–Trinajstić information content (AvgIpc) is 3.17. The predicted molar refractivity (Wildman–Crippen MR) is 94.4 cm³/mol. The number of hydrogen-bond acceptors (Lipinski definition) is 5. The Kier molecular flexibility index (Phi) is 5.15. The lowest BCUT2D eigenvalue weighted by atomic mass is 10.1. The Morgan fingerprint density at radius 1 is 1.24 bits per heavy atom. The maximum Gasteiger partial charge on any atom is 0.251 e. The highest BCUT2D eigenvalue weighted by Crippen LogP contribution is 2.17. The molecule has 1 amide bonds. The summed E-state index contributed by atoms with van der Waals surface area (Å²) >= 11 is 0. The van der Waals surface area contributed by atoms with Gasteiger partial charge < -0.3 is 10.2 Å². The summed E-state index contributed by atoms with van der Waals surface area (Å²) < 4.78 is 1.52. The first kappa shape index (κ1) is 16.8. The van der Waals surface area contributed by atoms with Crippen molar-refractivity contribution in [2.24, 2.45) is 0 Å². The van der Waals surface area contributed by atoms with Gasteiger partial charge in [-0.05, 0) is 31.8 Å². The van der Waals surface area contributed by atoms with Crippen LogP contribution in [0.15, 0.2) is 61.3 Å². The summed E-state index contributed by atoms with van der Waals surface area (Å²) in [5.74, 6) is 0.406. The van der Waals surface area contributed by atoms with Gasteiger partial charge in [-0.25, -0.2) is 14.6 Å². The van der Waals surface area contributed by atoms with Gasteiger partial charge in [0.15, 0.2) is 5.82 Å². The van der Waals surface area contributed by atoms with E-state index in [0.717, 1.165) is 5.56 Å². The van der Waals surface area contributed by atoms with Crippen LogP contribution in [0.2, 0.25) is 0 Å². The number of pyridine rings is 1. The molecule has 3 aromatic rings. The summed E-state index contributed by atoms with van der Waals surface area (Å²) in [7, 11) is 4.00. The lowest BCUT2D eigenvalue weighted by Crippen LogP contribution is -2.34. The minimum absolute atomic E-state index is 0.0989. The molecular weight excluding hydrogens is 316 g/mol. The molecule has 0 saturated heterocycles. The molecule has 0 unspecified atom stereocenters. The van der Waals surface area contributed by atoms with E-state index < -0.39 is 0 Å². The van der Waals surface area contributed by atoms with Crippen molar-refractivity contribution in [2.75, 3.05) is 20.6 Å². The van der Waals surface area contributed by atoms with Crippen LogP contribution in [-0.4, -0.2) is 51.2 Å². The smallest absolute Gasteiger partial charge is 0.251 e. The molecule has 2 heterocycles. The van der Waals surface area contributed by atoms with Crippen LogP contribution in [0.4, 0.5) is 0 Å². The van der Waals surface area contributed by atoms with Crippen molar-refractivity contribution in [2.45, 2.75) is 6.04 Å².